The quantitative estimate of drug-likeness (QED) is 0.0835. The van der Waals surface area contributed by atoms with E-state index in [4.69, 9.17) is 42.6 Å². The monoisotopic (exact) mass is 710 g/mol. The van der Waals surface area contributed by atoms with Gasteiger partial charge in [-0.1, -0.05) is 12.1 Å². The molecule has 1 aromatic rings. The third kappa shape index (κ3) is 6.88. The Hall–Kier alpha value is -3.20. The third-order valence-corrected chi connectivity index (χ3v) is 9.72. The summed E-state index contributed by atoms with van der Waals surface area (Å²) in [5.41, 5.74) is -0.548. The van der Waals surface area contributed by atoms with Crippen molar-refractivity contribution in [3.63, 3.8) is 0 Å². The van der Waals surface area contributed by atoms with Crippen molar-refractivity contribution in [2.75, 3.05) is 20.3 Å². The molecule has 0 spiro atoms. The van der Waals surface area contributed by atoms with Crippen LogP contribution in [0.4, 0.5) is 0 Å². The number of hydrogen-bond donors (Lipinski definition) is 6. The first kappa shape index (κ1) is 36.6. The van der Waals surface area contributed by atoms with Gasteiger partial charge in [0.25, 0.3) is 0 Å². The highest BCUT2D eigenvalue weighted by molar-refractivity contribution is 5.87. The van der Waals surface area contributed by atoms with Crippen LogP contribution in [0.15, 0.2) is 42.7 Å². The summed E-state index contributed by atoms with van der Waals surface area (Å²) in [6, 6.07) is 6.93. The summed E-state index contributed by atoms with van der Waals surface area (Å²) in [4.78, 5) is 24.9. The first-order chi connectivity index (χ1) is 23.9. The van der Waals surface area contributed by atoms with Crippen molar-refractivity contribution in [1.82, 2.24) is 0 Å². The Morgan fingerprint density at radius 2 is 1.60 bits per heavy atom. The molecule has 1 saturated carbocycles. The maximum atomic E-state index is 12.8. The van der Waals surface area contributed by atoms with Gasteiger partial charge in [0, 0.05) is 18.9 Å². The van der Waals surface area contributed by atoms with Gasteiger partial charge in [-0.3, -0.25) is 4.79 Å². The van der Waals surface area contributed by atoms with Crippen molar-refractivity contribution in [3.8, 4) is 5.75 Å². The zero-order valence-electron chi connectivity index (χ0n) is 27.4. The zero-order valence-corrected chi connectivity index (χ0v) is 27.4. The third-order valence-electron chi connectivity index (χ3n) is 9.72. The normalized spacial score (nSPS) is 43.4. The van der Waals surface area contributed by atoms with E-state index < -0.39 is 122 Å². The van der Waals surface area contributed by atoms with Crippen LogP contribution >= 0.6 is 0 Å². The summed E-state index contributed by atoms with van der Waals surface area (Å²) >= 11 is 0. The van der Waals surface area contributed by atoms with E-state index in [1.165, 1.54) is 25.5 Å². The standard InChI is InChI=1S/C33H42O17/c1-14-26(47-20(37)9-6-16-4-7-17(42-3)8-5-16)28(45-15(2)36)25(41)32(44-14)48-27-18-10-11-43-30(21(18)33(13-35)29(27)50-33)49-31-24(40)23(39)22(38)19(12-34)46-31/h4-11,14,18-19,21-32,34-35,38-41H,12-13H2,1-3H3/b9-6+/t14-,18?,19+,21?,22+,23-,24+,25+,26-,27-,28-,29?,30-,31-,32?,33+/m0/s1. The van der Waals surface area contributed by atoms with Crippen molar-refractivity contribution >= 4 is 18.0 Å². The number of fused-ring (bicyclic) bond motifs is 3. The summed E-state index contributed by atoms with van der Waals surface area (Å²) in [6.45, 7) is 1.54. The fourth-order valence-electron chi connectivity index (χ4n) is 7.11. The van der Waals surface area contributed by atoms with Crippen molar-refractivity contribution in [1.29, 1.82) is 0 Å². The van der Waals surface area contributed by atoms with Crippen molar-refractivity contribution in [2.45, 2.75) is 99.4 Å². The number of esters is 2. The van der Waals surface area contributed by atoms with Crippen LogP contribution in [0.2, 0.25) is 0 Å². The van der Waals surface area contributed by atoms with Crippen LogP contribution < -0.4 is 4.74 Å². The van der Waals surface area contributed by atoms with E-state index in [0.717, 1.165) is 6.92 Å². The Morgan fingerprint density at radius 1 is 0.880 bits per heavy atom. The minimum absolute atomic E-state index is 0.493. The summed E-state index contributed by atoms with van der Waals surface area (Å²) in [5.74, 6) is -2.23. The molecular formula is C33H42O17. The van der Waals surface area contributed by atoms with E-state index in [0.29, 0.717) is 11.3 Å². The molecule has 3 saturated heterocycles. The molecule has 50 heavy (non-hydrogen) atoms. The van der Waals surface area contributed by atoms with Crippen LogP contribution in [-0.2, 0) is 47.5 Å². The molecule has 16 atom stereocenters. The second-order valence-corrected chi connectivity index (χ2v) is 12.8. The van der Waals surface area contributed by atoms with Gasteiger partial charge in [0.05, 0.1) is 44.7 Å². The van der Waals surface area contributed by atoms with Gasteiger partial charge in [-0.15, -0.1) is 0 Å². The summed E-state index contributed by atoms with van der Waals surface area (Å²) < 4.78 is 51.4. The number of methoxy groups -OCH3 is 1. The molecule has 6 rings (SSSR count). The lowest BCUT2D eigenvalue weighted by Crippen LogP contribution is -2.61. The Bertz CT molecular complexity index is 1420. The molecule has 4 unspecified atom stereocenters. The number of benzene rings is 1. The van der Waals surface area contributed by atoms with Crippen LogP contribution in [-0.4, -0.2) is 148 Å². The van der Waals surface area contributed by atoms with E-state index in [1.54, 1.807) is 37.3 Å². The molecule has 276 valence electrons. The lowest BCUT2D eigenvalue weighted by Gasteiger charge is -2.44. The van der Waals surface area contributed by atoms with E-state index in [2.05, 4.69) is 0 Å². The largest absolute Gasteiger partial charge is 0.497 e. The van der Waals surface area contributed by atoms with Gasteiger partial charge in [0.15, 0.2) is 24.8 Å². The van der Waals surface area contributed by atoms with Gasteiger partial charge in [-0.25, -0.2) is 4.79 Å². The molecular weight excluding hydrogens is 668 g/mol. The first-order valence-electron chi connectivity index (χ1n) is 16.2. The predicted octanol–water partition coefficient (Wildman–Crippen LogP) is -1.89. The van der Waals surface area contributed by atoms with Gasteiger partial charge in [-0.05, 0) is 36.8 Å². The number of aliphatic hydroxyl groups is 6. The second-order valence-electron chi connectivity index (χ2n) is 12.8. The van der Waals surface area contributed by atoms with Crippen molar-refractivity contribution in [3.05, 3.63) is 48.2 Å². The molecule has 6 N–H and O–H groups in total. The summed E-state index contributed by atoms with van der Waals surface area (Å²) in [5, 5.41) is 62.3. The lowest BCUT2D eigenvalue weighted by molar-refractivity contribution is -0.347. The Labute approximate surface area is 286 Å². The van der Waals surface area contributed by atoms with Gasteiger partial charge >= 0.3 is 11.9 Å². The van der Waals surface area contributed by atoms with Crippen LogP contribution in [0.1, 0.15) is 19.4 Å². The van der Waals surface area contributed by atoms with Crippen molar-refractivity contribution < 1.29 is 82.9 Å². The van der Waals surface area contributed by atoms with Crippen LogP contribution in [0, 0.1) is 11.8 Å². The smallest absolute Gasteiger partial charge is 0.331 e. The first-order valence-corrected chi connectivity index (χ1v) is 16.2. The molecule has 0 aromatic heterocycles. The van der Waals surface area contributed by atoms with Crippen LogP contribution in [0.3, 0.4) is 0 Å². The van der Waals surface area contributed by atoms with Crippen molar-refractivity contribution in [2.24, 2.45) is 11.8 Å². The van der Waals surface area contributed by atoms with Crippen LogP contribution in [0.5, 0.6) is 5.75 Å². The Kier molecular flexibility index (Phi) is 10.8. The molecule has 17 nitrogen and oxygen atoms in total. The van der Waals surface area contributed by atoms with E-state index in [1.807, 2.05) is 0 Å². The molecule has 4 aliphatic heterocycles. The number of hydrogen-bond acceptors (Lipinski definition) is 17. The number of epoxide rings is 1. The molecule has 1 aliphatic carbocycles. The molecule has 0 radical (unpaired) electrons. The average Bonchev–Trinajstić information content (AvgIpc) is 3.78. The Morgan fingerprint density at radius 3 is 2.26 bits per heavy atom. The topological polar surface area (TPSA) is 242 Å². The second kappa shape index (κ2) is 14.8. The molecule has 5 aliphatic rings. The summed E-state index contributed by atoms with van der Waals surface area (Å²) in [6.07, 6.45) is -11.5. The minimum atomic E-state index is -1.71. The average molecular weight is 711 g/mol. The highest BCUT2D eigenvalue weighted by Gasteiger charge is 2.77. The number of ether oxygens (including phenoxy) is 9. The van der Waals surface area contributed by atoms with Crippen LogP contribution in [0.25, 0.3) is 6.08 Å². The fourth-order valence-corrected chi connectivity index (χ4v) is 7.11. The Balaban J connectivity index is 1.15. The summed E-state index contributed by atoms with van der Waals surface area (Å²) in [7, 11) is 1.54. The fraction of sp³-hybridized carbons (Fsp3) is 0.636. The number of rotatable bonds is 11. The highest BCUT2D eigenvalue weighted by Crippen LogP contribution is 2.61. The maximum absolute atomic E-state index is 12.8. The number of carbonyl (C=O) groups is 2. The van der Waals surface area contributed by atoms with E-state index >= 15 is 0 Å². The molecule has 4 heterocycles. The SMILES string of the molecule is COc1ccc(/C=C/C(=O)O[C@@H]2[C@@H](OC(C)=O)[C@@H](O)C(O[C@H]3C4C=CO[C@@H](O[C@@H]5O[C@H](CO)[C@@H](O)[C@H](O)[C@H]5O)C4[C@@]4(CO)OC34)O[C@H]2C)cc1. The molecule has 0 amide bonds. The van der Waals surface area contributed by atoms with Gasteiger partial charge < -0.3 is 73.3 Å². The highest BCUT2D eigenvalue weighted by atomic mass is 16.8. The minimum Gasteiger partial charge on any atom is -0.497 e. The lowest BCUT2D eigenvalue weighted by atomic mass is 9.85. The van der Waals surface area contributed by atoms with Gasteiger partial charge in [-0.2, -0.15) is 0 Å². The van der Waals surface area contributed by atoms with E-state index in [-0.39, 0.29) is 0 Å². The zero-order chi connectivity index (χ0) is 35.9. The number of carbonyl (C=O) groups excluding carboxylic acids is 2. The van der Waals surface area contributed by atoms with E-state index in [9.17, 15) is 40.2 Å². The number of aliphatic hydroxyl groups excluding tert-OH is 6. The molecule has 1 aromatic carbocycles. The maximum Gasteiger partial charge on any atom is 0.331 e. The molecule has 17 heteroatoms. The van der Waals surface area contributed by atoms with Gasteiger partial charge in [0.2, 0.25) is 6.29 Å². The molecule has 0 bridgehead atoms. The van der Waals surface area contributed by atoms with Gasteiger partial charge in [0.1, 0.15) is 48.0 Å². The molecule has 4 fully saturated rings. The predicted molar refractivity (Wildman–Crippen MR) is 163 cm³/mol.